The van der Waals surface area contributed by atoms with E-state index in [4.69, 9.17) is 23.2 Å². The van der Waals surface area contributed by atoms with Crippen LogP contribution in [0.2, 0.25) is 0 Å². The van der Waals surface area contributed by atoms with Gasteiger partial charge in [0.2, 0.25) is 17.7 Å². The van der Waals surface area contributed by atoms with Gasteiger partial charge in [-0.2, -0.15) is 0 Å². The lowest BCUT2D eigenvalue weighted by Gasteiger charge is -2.23. The Balaban J connectivity index is 1.48. The number of hydrogen-bond donors (Lipinski definition) is 5. The minimum absolute atomic E-state index is 0.00707. The molecule has 3 aromatic carbocycles. The molecule has 0 saturated carbocycles. The number of carbonyl (C=O) groups is 3. The second-order valence-corrected chi connectivity index (χ2v) is 11.3. The summed E-state index contributed by atoms with van der Waals surface area (Å²) in [5.74, 6) is 0.221. The number of alkyl halides is 2. The molecule has 2 atom stereocenters. The second kappa shape index (κ2) is 18.0. The third-order valence-corrected chi connectivity index (χ3v) is 7.28. The van der Waals surface area contributed by atoms with Gasteiger partial charge in [0.05, 0.1) is 0 Å². The first kappa shape index (κ1) is 34.5. The number of hydrogen-bond acceptors (Lipinski definition) is 6. The minimum Gasteiger partial charge on any atom is -0.508 e. The molecule has 0 aliphatic heterocycles. The molecule has 0 bridgehead atoms. The van der Waals surface area contributed by atoms with Gasteiger partial charge in [-0.15, -0.1) is 23.2 Å². The Morgan fingerprint density at radius 2 is 1.34 bits per heavy atom. The van der Waals surface area contributed by atoms with Crippen molar-refractivity contribution in [2.45, 2.75) is 51.1 Å². The molecule has 0 aliphatic carbocycles. The first-order valence-electron chi connectivity index (χ1n) is 14.6. The van der Waals surface area contributed by atoms with E-state index in [1.54, 1.807) is 31.2 Å². The predicted octanol–water partition coefficient (Wildman–Crippen LogP) is 4.97. The summed E-state index contributed by atoms with van der Waals surface area (Å²) >= 11 is 11.8. The summed E-state index contributed by atoms with van der Waals surface area (Å²) in [6.07, 6.45) is 1.89. The van der Waals surface area contributed by atoms with Crippen molar-refractivity contribution in [2.24, 2.45) is 0 Å². The maximum Gasteiger partial charge on any atom is 0.247 e. The molecular weight excluding hydrogens is 603 g/mol. The van der Waals surface area contributed by atoms with Crippen molar-refractivity contribution in [3.63, 3.8) is 0 Å². The zero-order valence-electron chi connectivity index (χ0n) is 24.8. The largest absolute Gasteiger partial charge is 0.508 e. The first-order chi connectivity index (χ1) is 21.2. The number of rotatable bonds is 17. The Morgan fingerprint density at radius 3 is 1.93 bits per heavy atom. The molecule has 44 heavy (non-hydrogen) atoms. The molecule has 3 aromatic rings. The lowest BCUT2D eigenvalue weighted by atomic mass is 10.0. The Kier molecular flexibility index (Phi) is 14.1. The molecule has 11 heteroatoms. The van der Waals surface area contributed by atoms with Gasteiger partial charge < -0.3 is 31.1 Å². The lowest BCUT2D eigenvalue weighted by Crippen LogP contribution is -2.47. The third kappa shape index (κ3) is 12.0. The number of halogens is 2. The molecule has 0 aromatic heterocycles. The van der Waals surface area contributed by atoms with Crippen LogP contribution in [0.25, 0.3) is 0 Å². The van der Waals surface area contributed by atoms with Crippen molar-refractivity contribution in [3.8, 4) is 11.5 Å². The fourth-order valence-electron chi connectivity index (χ4n) is 4.68. The number of benzene rings is 3. The average molecular weight is 644 g/mol. The summed E-state index contributed by atoms with van der Waals surface area (Å²) in [4.78, 5) is 40.7. The summed E-state index contributed by atoms with van der Waals surface area (Å²) in [5, 5.41) is 27.5. The highest BCUT2D eigenvalue weighted by Gasteiger charge is 2.23. The first-order valence-corrected chi connectivity index (χ1v) is 15.7. The van der Waals surface area contributed by atoms with Crippen molar-refractivity contribution in [2.75, 3.05) is 35.1 Å². The van der Waals surface area contributed by atoms with Crippen LogP contribution in [-0.4, -0.2) is 64.9 Å². The number of aryl methyl sites for hydroxylation is 1. The van der Waals surface area contributed by atoms with Gasteiger partial charge in [0.1, 0.15) is 17.5 Å². The monoisotopic (exact) mass is 642 g/mol. The topological polar surface area (TPSA) is 131 Å². The highest BCUT2D eigenvalue weighted by atomic mass is 35.5. The van der Waals surface area contributed by atoms with E-state index >= 15 is 0 Å². The number of carbonyl (C=O) groups excluding carboxylic acids is 3. The van der Waals surface area contributed by atoms with Crippen molar-refractivity contribution in [1.29, 1.82) is 0 Å². The highest BCUT2D eigenvalue weighted by molar-refractivity contribution is 6.18. The van der Waals surface area contributed by atoms with E-state index in [0.29, 0.717) is 30.3 Å². The van der Waals surface area contributed by atoms with Gasteiger partial charge in [-0.1, -0.05) is 24.3 Å². The molecular formula is C33H40Cl2N4O5. The van der Waals surface area contributed by atoms with Gasteiger partial charge in [0.15, 0.2) is 0 Å². The Bertz CT molecular complexity index is 1330. The van der Waals surface area contributed by atoms with E-state index in [1.807, 2.05) is 24.3 Å². The quantitative estimate of drug-likeness (QED) is 0.104. The van der Waals surface area contributed by atoms with Crippen molar-refractivity contribution >= 4 is 52.3 Å². The zero-order valence-corrected chi connectivity index (χ0v) is 26.3. The van der Waals surface area contributed by atoms with E-state index < -0.39 is 18.0 Å². The van der Waals surface area contributed by atoms with Crippen molar-refractivity contribution < 1.29 is 24.6 Å². The van der Waals surface area contributed by atoms with Gasteiger partial charge in [-0.05, 0) is 79.4 Å². The third-order valence-electron chi connectivity index (χ3n) is 6.94. The van der Waals surface area contributed by atoms with Crippen LogP contribution in [0.4, 0.5) is 11.4 Å². The fourth-order valence-corrected chi connectivity index (χ4v) is 5.09. The molecule has 0 saturated heterocycles. The van der Waals surface area contributed by atoms with Crippen LogP contribution in [0.3, 0.4) is 0 Å². The van der Waals surface area contributed by atoms with Crippen LogP contribution in [0.5, 0.6) is 11.5 Å². The molecule has 0 spiro atoms. The normalized spacial score (nSPS) is 12.2. The van der Waals surface area contributed by atoms with Crippen molar-refractivity contribution in [1.82, 2.24) is 10.6 Å². The maximum atomic E-state index is 13.1. The van der Waals surface area contributed by atoms with Crippen LogP contribution in [0, 0.1) is 0 Å². The van der Waals surface area contributed by atoms with Gasteiger partial charge in [0, 0.05) is 61.5 Å². The van der Waals surface area contributed by atoms with Crippen LogP contribution in [-0.2, 0) is 27.2 Å². The van der Waals surface area contributed by atoms with Crippen molar-refractivity contribution in [3.05, 3.63) is 83.9 Å². The molecule has 0 fully saturated rings. The molecule has 236 valence electrons. The number of nitrogens with zero attached hydrogens (tertiary/aromatic N) is 1. The zero-order chi connectivity index (χ0) is 31.9. The van der Waals surface area contributed by atoms with E-state index in [9.17, 15) is 24.6 Å². The number of amides is 3. The minimum atomic E-state index is -0.910. The Labute approximate surface area is 268 Å². The summed E-state index contributed by atoms with van der Waals surface area (Å²) in [7, 11) is 0. The van der Waals surface area contributed by atoms with E-state index in [1.165, 1.54) is 24.3 Å². The van der Waals surface area contributed by atoms with Crippen LogP contribution in [0.1, 0.15) is 37.3 Å². The average Bonchev–Trinajstić information content (AvgIpc) is 2.99. The smallest absolute Gasteiger partial charge is 0.247 e. The molecule has 3 amide bonds. The summed E-state index contributed by atoms with van der Waals surface area (Å²) < 4.78 is 0. The van der Waals surface area contributed by atoms with E-state index in [2.05, 4.69) is 20.9 Å². The standard InChI is InChI=1S/C33H40Cl2N4O5/c1-23(36-31(42)4-2-3-24-5-11-27(12-6-24)39(19-17-34)20-18-35)21-32(43)38-30(22-25-7-13-28(40)14-8-25)33(44)37-26-9-15-29(41)16-10-26/h5-16,23,30,40-41H,2-4,17-22H2,1H3,(H,36,42)(H,37,44)(H,38,43)/t23?,30-/m0/s1. The molecule has 0 aliphatic rings. The van der Waals surface area contributed by atoms with Gasteiger partial charge >= 0.3 is 0 Å². The highest BCUT2D eigenvalue weighted by Crippen LogP contribution is 2.18. The number of phenolic OH excluding ortho intramolecular Hbond substituents is 2. The SMILES string of the molecule is CC(CC(=O)N[C@@H](Cc1ccc(O)cc1)C(=O)Nc1ccc(O)cc1)NC(=O)CCCc1ccc(N(CCCl)CCCl)cc1. The van der Waals surface area contributed by atoms with E-state index in [0.717, 1.165) is 36.3 Å². The van der Waals surface area contributed by atoms with Gasteiger partial charge in [-0.25, -0.2) is 0 Å². The van der Waals surface area contributed by atoms with E-state index in [-0.39, 0.29) is 36.2 Å². The van der Waals surface area contributed by atoms with Crippen LogP contribution in [0.15, 0.2) is 72.8 Å². The second-order valence-electron chi connectivity index (χ2n) is 10.6. The molecule has 5 N–H and O–H groups in total. The Morgan fingerprint density at radius 1 is 0.773 bits per heavy atom. The predicted molar refractivity (Wildman–Crippen MR) is 176 cm³/mol. The lowest BCUT2D eigenvalue weighted by molar-refractivity contribution is -0.127. The number of phenols is 2. The summed E-state index contributed by atoms with van der Waals surface area (Å²) in [6, 6.07) is 19.2. The molecule has 1 unspecified atom stereocenters. The van der Waals surface area contributed by atoms with Crippen LogP contribution >= 0.6 is 23.2 Å². The number of anilines is 2. The molecule has 9 nitrogen and oxygen atoms in total. The fraction of sp³-hybridized carbons (Fsp3) is 0.364. The molecule has 0 heterocycles. The number of nitrogens with one attached hydrogen (secondary N) is 3. The van der Waals surface area contributed by atoms with Gasteiger partial charge in [-0.3, -0.25) is 14.4 Å². The summed E-state index contributed by atoms with van der Waals surface area (Å²) in [6.45, 7) is 3.18. The summed E-state index contributed by atoms with van der Waals surface area (Å²) in [5.41, 5.74) is 3.39. The maximum absolute atomic E-state index is 13.1. The number of aromatic hydroxyl groups is 2. The molecule has 0 radical (unpaired) electrons. The Hall–Kier alpha value is -3.95. The molecule has 3 rings (SSSR count). The van der Waals surface area contributed by atoms with Gasteiger partial charge in [0.25, 0.3) is 0 Å². The van der Waals surface area contributed by atoms with Crippen LogP contribution < -0.4 is 20.9 Å².